The lowest BCUT2D eigenvalue weighted by molar-refractivity contribution is -0.514. The van der Waals surface area contributed by atoms with Crippen LogP contribution in [0.1, 0.15) is 0 Å². The number of nitrogens with one attached hydrogen (secondary N) is 1. The van der Waals surface area contributed by atoms with Crippen molar-refractivity contribution in [2.75, 3.05) is 5.32 Å². The second-order valence-corrected chi connectivity index (χ2v) is 2.81. The number of nitro groups is 1. The lowest BCUT2D eigenvalue weighted by Crippen LogP contribution is -2.27. The molecule has 1 aromatic heterocycles. The summed E-state index contributed by atoms with van der Waals surface area (Å²) in [4.78, 5) is 21.2. The fourth-order valence-electron chi connectivity index (χ4n) is 1.34. The third-order valence-electron chi connectivity index (χ3n) is 1.97. The first kappa shape index (κ1) is 7.78. The van der Waals surface area contributed by atoms with E-state index in [1.54, 1.807) is 12.1 Å². The highest BCUT2D eigenvalue weighted by molar-refractivity contribution is 5.39. The van der Waals surface area contributed by atoms with Gasteiger partial charge in [-0.05, 0) is 6.07 Å². The van der Waals surface area contributed by atoms with E-state index >= 15 is 0 Å². The Bertz CT molecular complexity index is 412. The van der Waals surface area contributed by atoms with Crippen LogP contribution in [0.3, 0.4) is 0 Å². The normalized spacial score (nSPS) is 19.2. The molecule has 1 aromatic rings. The Labute approximate surface area is 72.9 Å². The van der Waals surface area contributed by atoms with Gasteiger partial charge in [-0.15, -0.1) is 0 Å². The van der Waals surface area contributed by atoms with Gasteiger partial charge in [0.2, 0.25) is 0 Å². The Balaban J connectivity index is 2.41. The van der Waals surface area contributed by atoms with Crippen molar-refractivity contribution in [2.24, 2.45) is 0 Å². The highest BCUT2D eigenvalue weighted by Crippen LogP contribution is 2.14. The molecule has 2 heterocycles. The minimum atomic E-state index is -0.880. The minimum absolute atomic E-state index is 0.0992. The molecule has 6 nitrogen and oxygen atoms in total. The molecule has 0 radical (unpaired) electrons. The predicted molar refractivity (Wildman–Crippen MR) is 45.1 cm³/mol. The summed E-state index contributed by atoms with van der Waals surface area (Å²) >= 11 is 0. The summed E-state index contributed by atoms with van der Waals surface area (Å²) in [5.41, 5.74) is -0.214. The molecular formula is C7H7N3O3. The van der Waals surface area contributed by atoms with E-state index in [9.17, 15) is 14.9 Å². The van der Waals surface area contributed by atoms with Gasteiger partial charge in [0.05, 0.1) is 0 Å². The number of rotatable bonds is 1. The first-order chi connectivity index (χ1) is 6.18. The minimum Gasteiger partial charge on any atom is -0.308 e. The van der Waals surface area contributed by atoms with Gasteiger partial charge in [-0.2, -0.15) is 0 Å². The SMILES string of the molecule is O=c1cccc2n1CC([N+](=O)[O-])N2. The van der Waals surface area contributed by atoms with Crippen LogP contribution in [0, 0.1) is 10.1 Å². The summed E-state index contributed by atoms with van der Waals surface area (Å²) in [6.07, 6.45) is -0.880. The summed E-state index contributed by atoms with van der Waals surface area (Å²) in [7, 11) is 0. The second kappa shape index (κ2) is 2.58. The third kappa shape index (κ3) is 1.16. The maximum absolute atomic E-state index is 11.2. The summed E-state index contributed by atoms with van der Waals surface area (Å²) in [6.45, 7) is 0.0992. The molecule has 1 aliphatic heterocycles. The molecule has 0 saturated carbocycles. The summed E-state index contributed by atoms with van der Waals surface area (Å²) in [6, 6.07) is 4.60. The van der Waals surface area contributed by atoms with Gasteiger partial charge in [-0.3, -0.25) is 19.5 Å². The van der Waals surface area contributed by atoms with Gasteiger partial charge in [0, 0.05) is 11.0 Å². The van der Waals surface area contributed by atoms with Gasteiger partial charge in [-0.1, -0.05) is 6.07 Å². The zero-order chi connectivity index (χ0) is 9.42. The molecule has 1 N–H and O–H groups in total. The van der Waals surface area contributed by atoms with Crippen LogP contribution in [0.5, 0.6) is 0 Å². The van der Waals surface area contributed by atoms with Crippen LogP contribution < -0.4 is 10.9 Å². The zero-order valence-electron chi connectivity index (χ0n) is 6.64. The Kier molecular flexibility index (Phi) is 1.54. The van der Waals surface area contributed by atoms with E-state index in [-0.39, 0.29) is 12.1 Å². The molecule has 0 spiro atoms. The molecule has 0 aromatic carbocycles. The van der Waals surface area contributed by atoms with Crippen molar-refractivity contribution in [3.05, 3.63) is 38.7 Å². The molecule has 13 heavy (non-hydrogen) atoms. The average Bonchev–Trinajstić information content (AvgIpc) is 2.49. The summed E-state index contributed by atoms with van der Waals surface area (Å²) in [5, 5.41) is 13.0. The molecule has 1 atom stereocenters. The first-order valence-electron chi connectivity index (χ1n) is 3.78. The van der Waals surface area contributed by atoms with Gasteiger partial charge in [0.25, 0.3) is 5.56 Å². The quantitative estimate of drug-likeness (QED) is 0.483. The number of hydrogen-bond donors (Lipinski definition) is 1. The van der Waals surface area contributed by atoms with Gasteiger partial charge < -0.3 is 5.32 Å². The molecule has 0 bridgehead atoms. The van der Waals surface area contributed by atoms with E-state index < -0.39 is 11.1 Å². The van der Waals surface area contributed by atoms with Crippen LogP contribution in [-0.2, 0) is 6.54 Å². The molecule has 0 saturated heterocycles. The third-order valence-corrected chi connectivity index (χ3v) is 1.97. The van der Waals surface area contributed by atoms with Crippen LogP contribution in [0.15, 0.2) is 23.0 Å². The number of hydrogen-bond acceptors (Lipinski definition) is 4. The Morgan fingerprint density at radius 1 is 1.62 bits per heavy atom. The Hall–Kier alpha value is -1.85. The number of nitrogens with zero attached hydrogens (tertiary/aromatic N) is 2. The zero-order valence-corrected chi connectivity index (χ0v) is 6.64. The van der Waals surface area contributed by atoms with Crippen molar-refractivity contribution < 1.29 is 4.92 Å². The Morgan fingerprint density at radius 3 is 3.00 bits per heavy atom. The monoisotopic (exact) mass is 181 g/mol. The standard InChI is InChI=1S/C7H7N3O3/c11-7-3-1-2-5-8-6(10(12)13)4-9(5)7/h1-3,6,8H,4H2. The van der Waals surface area contributed by atoms with E-state index in [2.05, 4.69) is 5.32 Å². The average molecular weight is 181 g/mol. The van der Waals surface area contributed by atoms with Crippen LogP contribution in [0.2, 0.25) is 0 Å². The molecular weight excluding hydrogens is 174 g/mol. The maximum Gasteiger partial charge on any atom is 0.303 e. The Morgan fingerprint density at radius 2 is 2.38 bits per heavy atom. The van der Waals surface area contributed by atoms with Crippen LogP contribution in [-0.4, -0.2) is 15.7 Å². The lowest BCUT2D eigenvalue weighted by atomic mass is 10.4. The highest BCUT2D eigenvalue weighted by atomic mass is 16.6. The molecule has 1 unspecified atom stereocenters. The predicted octanol–water partition coefficient (Wildman–Crippen LogP) is -0.123. The van der Waals surface area contributed by atoms with E-state index in [4.69, 9.17) is 0 Å². The number of anilines is 1. The molecule has 68 valence electrons. The molecule has 0 fully saturated rings. The van der Waals surface area contributed by atoms with E-state index in [0.29, 0.717) is 5.82 Å². The fourth-order valence-corrected chi connectivity index (χ4v) is 1.34. The van der Waals surface area contributed by atoms with Crippen LogP contribution in [0.25, 0.3) is 0 Å². The maximum atomic E-state index is 11.2. The number of pyridine rings is 1. The van der Waals surface area contributed by atoms with Crippen molar-refractivity contribution in [3.8, 4) is 0 Å². The van der Waals surface area contributed by atoms with E-state index in [0.717, 1.165) is 0 Å². The van der Waals surface area contributed by atoms with Crippen molar-refractivity contribution in [3.63, 3.8) is 0 Å². The first-order valence-corrected chi connectivity index (χ1v) is 3.78. The molecule has 0 amide bonds. The largest absolute Gasteiger partial charge is 0.308 e. The van der Waals surface area contributed by atoms with Crippen molar-refractivity contribution in [1.29, 1.82) is 0 Å². The van der Waals surface area contributed by atoms with Crippen molar-refractivity contribution in [1.82, 2.24) is 4.57 Å². The van der Waals surface area contributed by atoms with Gasteiger partial charge in [-0.25, -0.2) is 0 Å². The number of fused-ring (bicyclic) bond motifs is 1. The van der Waals surface area contributed by atoms with Crippen LogP contribution >= 0.6 is 0 Å². The van der Waals surface area contributed by atoms with Gasteiger partial charge in [0.15, 0.2) is 0 Å². The van der Waals surface area contributed by atoms with E-state index in [1.807, 2.05) is 0 Å². The molecule has 0 aliphatic carbocycles. The highest BCUT2D eigenvalue weighted by Gasteiger charge is 2.28. The van der Waals surface area contributed by atoms with E-state index in [1.165, 1.54) is 10.6 Å². The smallest absolute Gasteiger partial charge is 0.303 e. The summed E-state index contributed by atoms with van der Waals surface area (Å²) < 4.78 is 1.35. The topological polar surface area (TPSA) is 77.2 Å². The molecule has 1 aliphatic rings. The molecule has 6 heteroatoms. The lowest BCUT2D eigenvalue weighted by Gasteiger charge is -1.98. The van der Waals surface area contributed by atoms with Crippen molar-refractivity contribution >= 4 is 5.82 Å². The van der Waals surface area contributed by atoms with Crippen molar-refractivity contribution in [2.45, 2.75) is 12.7 Å². The summed E-state index contributed by atoms with van der Waals surface area (Å²) in [5.74, 6) is 0.509. The second-order valence-electron chi connectivity index (χ2n) is 2.81. The van der Waals surface area contributed by atoms with Gasteiger partial charge in [0.1, 0.15) is 12.4 Å². The fraction of sp³-hybridized carbons (Fsp3) is 0.286. The van der Waals surface area contributed by atoms with Crippen LogP contribution in [0.4, 0.5) is 5.82 Å². The molecule has 2 rings (SSSR count). The number of aromatic nitrogens is 1. The van der Waals surface area contributed by atoms with Gasteiger partial charge >= 0.3 is 6.17 Å².